The highest BCUT2D eigenvalue weighted by molar-refractivity contribution is 5.95. The summed E-state index contributed by atoms with van der Waals surface area (Å²) < 4.78 is 13.4. The first kappa shape index (κ1) is 27.7. The highest BCUT2D eigenvalue weighted by Crippen LogP contribution is 2.37. The molecular weight excluding hydrogens is 516 g/mol. The monoisotopic (exact) mass is 550 g/mol. The summed E-state index contributed by atoms with van der Waals surface area (Å²) in [5.74, 6) is 0.276. The van der Waals surface area contributed by atoms with Gasteiger partial charge in [0.2, 0.25) is 0 Å². The zero-order chi connectivity index (χ0) is 28.8. The second kappa shape index (κ2) is 12.6. The highest BCUT2D eigenvalue weighted by Gasteiger charge is 2.35. The van der Waals surface area contributed by atoms with Gasteiger partial charge in [-0.05, 0) is 61.7 Å². The normalized spacial score (nSPS) is 14.8. The number of hydrogen-bond donors (Lipinski definition) is 2. The number of urea groups is 1. The minimum Gasteiger partial charge on any atom is -0.494 e. The fourth-order valence-electron chi connectivity index (χ4n) is 4.85. The Kier molecular flexibility index (Phi) is 8.48. The van der Waals surface area contributed by atoms with E-state index in [4.69, 9.17) is 14.6 Å². The Bertz CT molecular complexity index is 1560. The lowest BCUT2D eigenvalue weighted by atomic mass is 9.92. The Morgan fingerprint density at radius 3 is 2.44 bits per heavy atom. The van der Waals surface area contributed by atoms with Crippen molar-refractivity contribution in [2.75, 3.05) is 6.61 Å². The Morgan fingerprint density at radius 1 is 1.00 bits per heavy atom. The summed E-state index contributed by atoms with van der Waals surface area (Å²) >= 11 is 0. The first-order valence-corrected chi connectivity index (χ1v) is 13.8. The van der Waals surface area contributed by atoms with E-state index in [0.717, 1.165) is 41.0 Å². The van der Waals surface area contributed by atoms with Crippen LogP contribution in [0.3, 0.4) is 0 Å². The molecule has 0 fully saturated rings. The molecule has 2 heterocycles. The Hall–Kier alpha value is -4.85. The van der Waals surface area contributed by atoms with E-state index < -0.39 is 18.0 Å². The van der Waals surface area contributed by atoms with Gasteiger partial charge in [0.05, 0.1) is 29.6 Å². The molecule has 210 valence electrons. The maximum atomic E-state index is 13.5. The SMILES string of the molecule is CCCCOc1ccc(-c2nn(-c3ccccc3)cc2[C@@H]2NC(=O)NC(C)=C2C(=O)OCc2ccccc2)c(C)c1. The van der Waals surface area contributed by atoms with E-state index >= 15 is 0 Å². The van der Waals surface area contributed by atoms with E-state index in [-0.39, 0.29) is 6.61 Å². The zero-order valence-electron chi connectivity index (χ0n) is 23.5. The molecule has 4 aromatic rings. The largest absolute Gasteiger partial charge is 0.494 e. The number of para-hydroxylation sites is 1. The van der Waals surface area contributed by atoms with Gasteiger partial charge in [0, 0.05) is 23.0 Å². The summed E-state index contributed by atoms with van der Waals surface area (Å²) in [6.45, 7) is 6.61. The van der Waals surface area contributed by atoms with Crippen molar-refractivity contribution in [2.24, 2.45) is 0 Å². The molecule has 2 amide bonds. The Morgan fingerprint density at radius 2 is 1.73 bits per heavy atom. The number of aryl methyl sites for hydroxylation is 1. The van der Waals surface area contributed by atoms with Gasteiger partial charge in [-0.25, -0.2) is 14.3 Å². The van der Waals surface area contributed by atoms with Crippen molar-refractivity contribution in [3.05, 3.63) is 113 Å². The van der Waals surface area contributed by atoms with Crippen LogP contribution in [-0.4, -0.2) is 28.4 Å². The molecule has 2 N–H and O–H groups in total. The van der Waals surface area contributed by atoms with Crippen LogP contribution in [0.25, 0.3) is 16.9 Å². The van der Waals surface area contributed by atoms with Gasteiger partial charge in [-0.3, -0.25) is 0 Å². The molecule has 8 nitrogen and oxygen atoms in total. The molecule has 0 saturated carbocycles. The number of rotatable bonds is 10. The molecule has 41 heavy (non-hydrogen) atoms. The van der Waals surface area contributed by atoms with Gasteiger partial charge in [-0.2, -0.15) is 5.10 Å². The summed E-state index contributed by atoms with van der Waals surface area (Å²) in [5.41, 5.74) is 5.66. The molecule has 8 heteroatoms. The van der Waals surface area contributed by atoms with Crippen molar-refractivity contribution < 1.29 is 19.1 Å². The molecule has 0 unspecified atom stereocenters. The van der Waals surface area contributed by atoms with Crippen LogP contribution in [0.4, 0.5) is 4.79 Å². The number of hydrogen-bond acceptors (Lipinski definition) is 5. The van der Waals surface area contributed by atoms with Crippen LogP contribution in [0.1, 0.15) is 49.4 Å². The highest BCUT2D eigenvalue weighted by atomic mass is 16.5. The van der Waals surface area contributed by atoms with E-state index in [1.165, 1.54) is 0 Å². The smallest absolute Gasteiger partial charge is 0.338 e. The molecule has 1 aliphatic rings. The third-order valence-corrected chi connectivity index (χ3v) is 7.00. The molecule has 3 aromatic carbocycles. The van der Waals surface area contributed by atoms with Gasteiger partial charge in [-0.1, -0.05) is 61.9 Å². The number of ether oxygens (including phenoxy) is 2. The predicted molar refractivity (Wildman–Crippen MR) is 157 cm³/mol. The predicted octanol–water partition coefficient (Wildman–Crippen LogP) is 6.40. The number of amides is 2. The molecule has 1 atom stereocenters. The first-order chi connectivity index (χ1) is 19.9. The van der Waals surface area contributed by atoms with E-state index in [1.807, 2.05) is 92.0 Å². The van der Waals surface area contributed by atoms with Crippen molar-refractivity contribution in [1.82, 2.24) is 20.4 Å². The van der Waals surface area contributed by atoms with Gasteiger partial charge in [-0.15, -0.1) is 0 Å². The van der Waals surface area contributed by atoms with Crippen LogP contribution >= 0.6 is 0 Å². The molecule has 0 saturated heterocycles. The van der Waals surface area contributed by atoms with Gasteiger partial charge in [0.25, 0.3) is 0 Å². The molecule has 0 aliphatic carbocycles. The van der Waals surface area contributed by atoms with E-state index in [9.17, 15) is 9.59 Å². The summed E-state index contributed by atoms with van der Waals surface area (Å²) in [7, 11) is 0. The quantitative estimate of drug-likeness (QED) is 0.176. The molecule has 0 radical (unpaired) electrons. The summed E-state index contributed by atoms with van der Waals surface area (Å²) in [4.78, 5) is 26.2. The van der Waals surface area contributed by atoms with E-state index in [0.29, 0.717) is 29.1 Å². The third kappa shape index (κ3) is 6.32. The Balaban J connectivity index is 1.56. The lowest BCUT2D eigenvalue weighted by Gasteiger charge is -2.28. The third-order valence-electron chi connectivity index (χ3n) is 7.00. The second-order valence-electron chi connectivity index (χ2n) is 10.0. The van der Waals surface area contributed by atoms with Crippen molar-refractivity contribution in [2.45, 2.75) is 46.3 Å². The van der Waals surface area contributed by atoms with Crippen molar-refractivity contribution in [3.63, 3.8) is 0 Å². The number of esters is 1. The lowest BCUT2D eigenvalue weighted by molar-refractivity contribution is -0.140. The lowest BCUT2D eigenvalue weighted by Crippen LogP contribution is -2.45. The number of unbranched alkanes of at least 4 members (excludes halogenated alkanes) is 1. The van der Waals surface area contributed by atoms with E-state index in [2.05, 4.69) is 17.6 Å². The maximum absolute atomic E-state index is 13.5. The molecule has 1 aliphatic heterocycles. The average molecular weight is 551 g/mol. The summed E-state index contributed by atoms with van der Waals surface area (Å²) in [5, 5.41) is 10.6. The first-order valence-electron chi connectivity index (χ1n) is 13.8. The van der Waals surface area contributed by atoms with Crippen molar-refractivity contribution in [1.29, 1.82) is 0 Å². The molecular formula is C33H34N4O4. The number of benzene rings is 3. The standard InChI is InChI=1S/C33H34N4O4/c1-4-5-18-40-26-16-17-27(22(2)19-26)30-28(20-37(36-30)25-14-10-7-11-15-25)31-29(23(3)34-33(39)35-31)32(38)41-21-24-12-8-6-9-13-24/h6-17,19-20,31H,4-5,18,21H2,1-3H3,(H2,34,35,39)/t31-/m0/s1. The van der Waals surface area contributed by atoms with Crippen LogP contribution in [0, 0.1) is 6.92 Å². The molecule has 5 rings (SSSR count). The molecule has 0 spiro atoms. The number of nitrogens with one attached hydrogen (secondary N) is 2. The summed E-state index contributed by atoms with van der Waals surface area (Å²) in [6, 6.07) is 23.9. The Labute approximate surface area is 240 Å². The van der Waals surface area contributed by atoms with Gasteiger partial charge >= 0.3 is 12.0 Å². The number of carbonyl (C=O) groups is 2. The number of allylic oxidation sites excluding steroid dienone is 1. The van der Waals surface area contributed by atoms with Gasteiger partial charge < -0.3 is 20.1 Å². The molecule has 0 bridgehead atoms. The van der Waals surface area contributed by atoms with Crippen molar-refractivity contribution in [3.8, 4) is 22.7 Å². The van der Waals surface area contributed by atoms with Crippen LogP contribution < -0.4 is 15.4 Å². The van der Waals surface area contributed by atoms with Crippen LogP contribution in [0.5, 0.6) is 5.75 Å². The van der Waals surface area contributed by atoms with Gasteiger partial charge in [0.15, 0.2) is 0 Å². The fourth-order valence-corrected chi connectivity index (χ4v) is 4.85. The fraction of sp³-hybridized carbons (Fsp3) is 0.242. The minimum absolute atomic E-state index is 0.117. The zero-order valence-corrected chi connectivity index (χ0v) is 23.5. The average Bonchev–Trinajstić information content (AvgIpc) is 3.42. The second-order valence-corrected chi connectivity index (χ2v) is 10.0. The number of aromatic nitrogens is 2. The van der Waals surface area contributed by atoms with Crippen LogP contribution in [0.15, 0.2) is 96.3 Å². The van der Waals surface area contributed by atoms with Gasteiger partial charge in [0.1, 0.15) is 12.4 Å². The van der Waals surface area contributed by atoms with Crippen LogP contribution in [0.2, 0.25) is 0 Å². The number of nitrogens with zero attached hydrogens (tertiary/aromatic N) is 2. The van der Waals surface area contributed by atoms with E-state index in [1.54, 1.807) is 11.6 Å². The minimum atomic E-state index is -0.778. The number of carbonyl (C=O) groups excluding carboxylic acids is 2. The van der Waals surface area contributed by atoms with Crippen LogP contribution in [-0.2, 0) is 16.1 Å². The summed E-state index contributed by atoms with van der Waals surface area (Å²) in [6.07, 6.45) is 3.91. The molecule has 1 aromatic heterocycles. The topological polar surface area (TPSA) is 94.5 Å². The maximum Gasteiger partial charge on any atom is 0.338 e. The van der Waals surface area contributed by atoms with Crippen molar-refractivity contribution >= 4 is 12.0 Å².